The number of ketones is 1. The molecule has 2 aromatic carbocycles. The number of methoxy groups -OCH3 is 1. The van der Waals surface area contributed by atoms with Gasteiger partial charge in [0.2, 0.25) is 5.91 Å². The number of amides is 2. The summed E-state index contributed by atoms with van der Waals surface area (Å²) >= 11 is 1.45. The van der Waals surface area contributed by atoms with Crippen molar-refractivity contribution in [1.29, 1.82) is 0 Å². The average molecular weight is 680 g/mol. The van der Waals surface area contributed by atoms with Gasteiger partial charge in [0, 0.05) is 43.0 Å². The number of benzene rings is 2. The summed E-state index contributed by atoms with van der Waals surface area (Å²) in [5.74, 6) is 1.54. The third kappa shape index (κ3) is 8.02. The first kappa shape index (κ1) is 34.3. The van der Waals surface area contributed by atoms with Gasteiger partial charge in [0.15, 0.2) is 5.82 Å². The molecular formula is C39H45N5O4S. The van der Waals surface area contributed by atoms with E-state index in [2.05, 4.69) is 59.2 Å². The molecule has 4 heterocycles. The Kier molecular flexibility index (Phi) is 10.2. The fourth-order valence-electron chi connectivity index (χ4n) is 6.45. The van der Waals surface area contributed by atoms with Crippen LogP contribution >= 0.6 is 11.3 Å². The van der Waals surface area contributed by atoms with Gasteiger partial charge in [-0.3, -0.25) is 14.4 Å². The van der Waals surface area contributed by atoms with Crippen molar-refractivity contribution in [2.45, 2.75) is 64.3 Å². The van der Waals surface area contributed by atoms with Crippen molar-refractivity contribution in [2.24, 2.45) is 5.92 Å². The summed E-state index contributed by atoms with van der Waals surface area (Å²) in [5, 5.41) is 3.00. The number of aromatic nitrogens is 2. The number of carbonyl (C=O) groups is 3. The molecule has 2 amide bonds. The summed E-state index contributed by atoms with van der Waals surface area (Å²) in [7, 11) is 1.70. The molecule has 0 bridgehead atoms. The summed E-state index contributed by atoms with van der Waals surface area (Å²) < 4.78 is 5.41. The molecule has 2 fully saturated rings. The Balaban J connectivity index is 1.09. The topological polar surface area (TPSA) is 105 Å². The summed E-state index contributed by atoms with van der Waals surface area (Å²) in [4.78, 5) is 53.8. The SMILES string of the molecule is COc1cccc(C2CCN(c3cnc(-c4ccc(C[C@H](NC(=O)c5ccc(C(C)(C)C)s5)C(=O)N5CC(C(C)=O)C5)cc4)nc3)CC2)c1. The predicted octanol–water partition coefficient (Wildman–Crippen LogP) is 6.28. The van der Waals surface area contributed by atoms with E-state index < -0.39 is 6.04 Å². The Morgan fingerprint density at radius 1 is 0.980 bits per heavy atom. The lowest BCUT2D eigenvalue weighted by atomic mass is 9.89. The number of ether oxygens (including phenoxy) is 1. The molecule has 1 N–H and O–H groups in total. The van der Waals surface area contributed by atoms with Gasteiger partial charge in [0.05, 0.1) is 36.0 Å². The maximum Gasteiger partial charge on any atom is 0.262 e. The highest BCUT2D eigenvalue weighted by Crippen LogP contribution is 2.33. The van der Waals surface area contributed by atoms with E-state index in [-0.39, 0.29) is 28.9 Å². The maximum absolute atomic E-state index is 13.6. The summed E-state index contributed by atoms with van der Waals surface area (Å²) in [5.41, 5.74) is 4.05. The van der Waals surface area contributed by atoms with Crippen molar-refractivity contribution in [2.75, 3.05) is 38.2 Å². The maximum atomic E-state index is 13.6. The van der Waals surface area contributed by atoms with Gasteiger partial charge in [-0.15, -0.1) is 11.3 Å². The van der Waals surface area contributed by atoms with Crippen LogP contribution in [0.4, 0.5) is 5.69 Å². The molecule has 256 valence electrons. The van der Waals surface area contributed by atoms with E-state index >= 15 is 0 Å². The van der Waals surface area contributed by atoms with E-state index in [1.807, 2.05) is 54.9 Å². The number of Topliss-reactive ketones (excluding diaryl/α,β-unsaturated/α-hetero) is 1. The molecule has 2 aliphatic heterocycles. The van der Waals surface area contributed by atoms with Crippen molar-refractivity contribution in [1.82, 2.24) is 20.2 Å². The second kappa shape index (κ2) is 14.5. The second-order valence-corrected chi connectivity index (χ2v) is 15.3. The Bertz CT molecular complexity index is 1780. The number of piperidine rings is 1. The van der Waals surface area contributed by atoms with Crippen LogP contribution in [0.25, 0.3) is 11.4 Å². The van der Waals surface area contributed by atoms with Crippen LogP contribution in [0.3, 0.4) is 0 Å². The Morgan fingerprint density at radius 2 is 1.67 bits per heavy atom. The molecule has 0 aliphatic carbocycles. The highest BCUT2D eigenvalue weighted by atomic mass is 32.1. The van der Waals surface area contributed by atoms with E-state index in [9.17, 15) is 14.4 Å². The van der Waals surface area contributed by atoms with Crippen LogP contribution in [0.1, 0.15) is 72.1 Å². The van der Waals surface area contributed by atoms with E-state index in [0.717, 1.165) is 53.4 Å². The first-order valence-electron chi connectivity index (χ1n) is 17.0. The standard InChI is InChI=1S/C39H45N5O4S/c1-25(45)30-23-44(24-30)38(47)33(42-37(46)34-13-14-35(49-34)39(2,3)4)19-26-9-11-28(12-10-26)36-40-21-31(22-41-36)43-17-15-27(16-18-43)29-7-6-8-32(20-29)48-5/h6-14,20-22,27,30,33H,15-19,23-24H2,1-5H3,(H,42,46)/t33-/m0/s1. The molecule has 6 rings (SSSR count). The smallest absolute Gasteiger partial charge is 0.262 e. The molecule has 9 nitrogen and oxygen atoms in total. The molecule has 0 unspecified atom stereocenters. The van der Waals surface area contributed by atoms with Crippen molar-refractivity contribution >= 4 is 34.6 Å². The zero-order chi connectivity index (χ0) is 34.7. The van der Waals surface area contributed by atoms with E-state index in [1.54, 1.807) is 18.9 Å². The summed E-state index contributed by atoms with van der Waals surface area (Å²) in [6.45, 7) is 10.5. The Morgan fingerprint density at radius 3 is 2.29 bits per heavy atom. The minimum atomic E-state index is -0.755. The van der Waals surface area contributed by atoms with Gasteiger partial charge in [-0.2, -0.15) is 0 Å². The summed E-state index contributed by atoms with van der Waals surface area (Å²) in [6, 6.07) is 19.2. The fourth-order valence-corrected chi connectivity index (χ4v) is 7.42. The monoisotopic (exact) mass is 679 g/mol. The van der Waals surface area contributed by atoms with E-state index in [1.165, 1.54) is 16.9 Å². The number of anilines is 1. The zero-order valence-electron chi connectivity index (χ0n) is 28.9. The lowest BCUT2D eigenvalue weighted by molar-refractivity contribution is -0.143. The van der Waals surface area contributed by atoms with Crippen molar-refractivity contribution in [3.05, 3.63) is 93.9 Å². The molecule has 0 spiro atoms. The normalized spacial score (nSPS) is 16.2. The van der Waals surface area contributed by atoms with Gasteiger partial charge < -0.3 is 19.9 Å². The number of carbonyl (C=O) groups excluding carboxylic acids is 3. The van der Waals surface area contributed by atoms with Crippen LogP contribution in [0.15, 0.2) is 73.1 Å². The first-order valence-corrected chi connectivity index (χ1v) is 17.8. The van der Waals surface area contributed by atoms with E-state index in [4.69, 9.17) is 4.74 Å². The molecule has 0 radical (unpaired) electrons. The molecule has 10 heteroatoms. The van der Waals surface area contributed by atoms with Gasteiger partial charge >= 0.3 is 0 Å². The van der Waals surface area contributed by atoms with Gasteiger partial charge in [-0.25, -0.2) is 9.97 Å². The molecule has 4 aromatic rings. The average Bonchev–Trinajstić information content (AvgIpc) is 3.60. The lowest BCUT2D eigenvalue weighted by Gasteiger charge is -2.39. The second-order valence-electron chi connectivity index (χ2n) is 14.2. The van der Waals surface area contributed by atoms with Crippen molar-refractivity contribution in [3.63, 3.8) is 0 Å². The minimum absolute atomic E-state index is 0.0707. The Labute approximate surface area is 292 Å². The van der Waals surface area contributed by atoms with Crippen molar-refractivity contribution < 1.29 is 19.1 Å². The van der Waals surface area contributed by atoms with Crippen LogP contribution in [-0.4, -0.2) is 71.8 Å². The highest BCUT2D eigenvalue weighted by molar-refractivity contribution is 7.14. The molecule has 2 saturated heterocycles. The molecule has 2 aliphatic rings. The third-order valence-electron chi connectivity index (χ3n) is 9.66. The largest absolute Gasteiger partial charge is 0.497 e. The minimum Gasteiger partial charge on any atom is -0.497 e. The quantitative estimate of drug-likeness (QED) is 0.210. The number of hydrogen-bond donors (Lipinski definition) is 1. The number of nitrogens with one attached hydrogen (secondary N) is 1. The number of nitrogens with zero attached hydrogens (tertiary/aromatic N) is 4. The predicted molar refractivity (Wildman–Crippen MR) is 193 cm³/mol. The Hall–Kier alpha value is -4.57. The van der Waals surface area contributed by atoms with Crippen LogP contribution in [0.5, 0.6) is 5.75 Å². The lowest BCUT2D eigenvalue weighted by Crippen LogP contribution is -2.59. The molecule has 49 heavy (non-hydrogen) atoms. The van der Waals surface area contributed by atoms with Gasteiger partial charge in [0.25, 0.3) is 5.91 Å². The number of hydrogen-bond acceptors (Lipinski definition) is 8. The third-order valence-corrected chi connectivity index (χ3v) is 11.2. The van der Waals surface area contributed by atoms with Crippen molar-refractivity contribution in [3.8, 4) is 17.1 Å². The number of rotatable bonds is 10. The van der Waals surface area contributed by atoms with Gasteiger partial charge in [-0.1, -0.05) is 57.2 Å². The van der Waals surface area contributed by atoms with Gasteiger partial charge in [-0.05, 0) is 66.5 Å². The van der Waals surface area contributed by atoms with Crippen LogP contribution in [0.2, 0.25) is 0 Å². The molecule has 1 atom stereocenters. The first-order chi connectivity index (χ1) is 23.5. The fraction of sp³-hybridized carbons (Fsp3) is 0.410. The molecule has 2 aromatic heterocycles. The molecule has 0 saturated carbocycles. The van der Waals surface area contributed by atoms with E-state index in [0.29, 0.717) is 36.1 Å². The van der Waals surface area contributed by atoms with Crippen LogP contribution in [0, 0.1) is 5.92 Å². The van der Waals surface area contributed by atoms with Crippen LogP contribution < -0.4 is 15.0 Å². The van der Waals surface area contributed by atoms with Gasteiger partial charge in [0.1, 0.15) is 17.6 Å². The molecular weight excluding hydrogens is 635 g/mol. The summed E-state index contributed by atoms with van der Waals surface area (Å²) in [6.07, 6.45) is 6.23. The van der Waals surface area contributed by atoms with Crippen LogP contribution in [-0.2, 0) is 21.4 Å². The zero-order valence-corrected chi connectivity index (χ0v) is 29.8. The number of thiophene rings is 1. The highest BCUT2D eigenvalue weighted by Gasteiger charge is 2.37. The number of likely N-dealkylation sites (tertiary alicyclic amines) is 1.